The van der Waals surface area contributed by atoms with Gasteiger partial charge in [0.25, 0.3) is 0 Å². The molecule has 0 spiro atoms. The van der Waals surface area contributed by atoms with Gasteiger partial charge in [-0.15, -0.1) is 68.0 Å². The molecule has 0 bridgehead atoms. The van der Waals surface area contributed by atoms with Crippen molar-refractivity contribution in [3.63, 3.8) is 0 Å². The molecule has 0 aliphatic heterocycles. The lowest BCUT2D eigenvalue weighted by Gasteiger charge is -2.38. The molecule has 6 saturated carbocycles. The first-order valence-electron chi connectivity index (χ1n) is 32.8. The van der Waals surface area contributed by atoms with E-state index >= 15 is 0 Å². The number of ketones is 1. The number of hydrogen-bond donors (Lipinski definition) is 1. The summed E-state index contributed by atoms with van der Waals surface area (Å²) < 4.78 is 29.8. The van der Waals surface area contributed by atoms with E-state index in [0.717, 1.165) is 132 Å². The van der Waals surface area contributed by atoms with E-state index in [1.165, 1.54) is 76.9 Å². The van der Waals surface area contributed by atoms with Gasteiger partial charge in [0.15, 0.2) is 0 Å². The lowest BCUT2D eigenvalue weighted by molar-refractivity contribution is -0.123. The number of methoxy groups -OCH3 is 4. The van der Waals surface area contributed by atoms with Crippen LogP contribution in [0.3, 0.4) is 0 Å². The molecule has 6 aliphatic rings. The fraction of sp³-hybridized carbons (Fsp3) is 0.444. The number of aliphatic hydroxyl groups is 1. The summed E-state index contributed by atoms with van der Waals surface area (Å²) in [4.78, 5) is 52.5. The zero-order chi connectivity index (χ0) is 68.2. The molecular weight excluding hydrogens is 1450 g/mol. The Balaban J connectivity index is 0.000000117. The van der Waals surface area contributed by atoms with Gasteiger partial charge in [-0.25, -0.2) is 39.9 Å². The number of ether oxygens (including phenoxy) is 4. The first kappa shape index (κ1) is 72.3. The zero-order valence-corrected chi connectivity index (χ0v) is 63.6. The molecule has 25 heteroatoms. The van der Waals surface area contributed by atoms with Crippen molar-refractivity contribution in [1.29, 1.82) is 0 Å². The monoisotopic (exact) mass is 1530 g/mol. The quantitative estimate of drug-likeness (QED) is 0.120. The van der Waals surface area contributed by atoms with E-state index in [4.69, 9.17) is 18.9 Å². The highest BCUT2D eigenvalue weighted by Gasteiger charge is 2.44. The zero-order valence-electron chi connectivity index (χ0n) is 56.5. The van der Waals surface area contributed by atoms with Crippen molar-refractivity contribution < 1.29 is 28.8 Å². The van der Waals surface area contributed by atoms with Crippen molar-refractivity contribution in [2.24, 2.45) is 21.1 Å². The molecule has 0 aromatic carbocycles. The summed E-state index contributed by atoms with van der Waals surface area (Å²) in [5.74, 6) is 0.435. The van der Waals surface area contributed by atoms with Crippen LogP contribution in [0, 0.1) is 17.5 Å². The average Bonchev–Trinajstić information content (AvgIpc) is 1.64. The van der Waals surface area contributed by atoms with Gasteiger partial charge in [0.05, 0.1) is 19.0 Å². The predicted molar refractivity (Wildman–Crippen MR) is 402 cm³/mol. The molecule has 6 fully saturated rings. The highest BCUT2D eigenvalue weighted by molar-refractivity contribution is 14.1. The Kier molecular flexibility index (Phi) is 24.3. The summed E-state index contributed by atoms with van der Waals surface area (Å²) in [5, 5.41) is 24.6. The van der Waals surface area contributed by atoms with Crippen LogP contribution in [0.4, 0.5) is 0 Å². The van der Waals surface area contributed by atoms with Crippen LogP contribution in [-0.2, 0) is 72.9 Å². The summed E-state index contributed by atoms with van der Waals surface area (Å²) in [6, 6.07) is 12.6. The number of hydrogen-bond acceptors (Lipinski definition) is 21. The van der Waals surface area contributed by atoms with Crippen LogP contribution in [0.1, 0.15) is 151 Å². The molecule has 0 unspecified atom stereocenters. The van der Waals surface area contributed by atoms with Gasteiger partial charge >= 0.3 is 0 Å². The molecule has 512 valence electrons. The van der Waals surface area contributed by atoms with Crippen molar-refractivity contribution in [2.75, 3.05) is 28.4 Å². The van der Waals surface area contributed by atoms with Crippen molar-refractivity contribution >= 4 is 129 Å². The molecule has 12 aromatic heterocycles. The third-order valence-electron chi connectivity index (χ3n) is 19.3. The normalized spacial score (nSPS) is 17.5. The number of pyridine rings is 3. The van der Waals surface area contributed by atoms with Gasteiger partial charge in [-0.2, -0.15) is 0 Å². The Morgan fingerprint density at radius 3 is 1.33 bits per heavy atom. The number of carbonyl (C=O) groups is 1. The van der Waals surface area contributed by atoms with E-state index in [0.29, 0.717) is 5.78 Å². The van der Waals surface area contributed by atoms with Gasteiger partial charge in [-0.3, -0.25) is 9.78 Å². The van der Waals surface area contributed by atoms with Gasteiger partial charge in [0.2, 0.25) is 0 Å². The minimum atomic E-state index is -0.547. The van der Waals surface area contributed by atoms with E-state index in [1.54, 1.807) is 114 Å². The van der Waals surface area contributed by atoms with E-state index in [2.05, 4.69) is 116 Å². The second kappa shape index (κ2) is 32.6. The number of rotatable bonds is 11. The minimum Gasteiger partial charge on any atom is -0.383 e. The van der Waals surface area contributed by atoms with Gasteiger partial charge in [-0.05, 0) is 181 Å². The third-order valence-corrected chi connectivity index (χ3v) is 26.3. The van der Waals surface area contributed by atoms with Crippen LogP contribution in [0.5, 0.6) is 0 Å². The van der Waals surface area contributed by atoms with Crippen LogP contribution in [-0.4, -0.2) is 97.9 Å². The molecule has 12 heterocycles. The topological polar surface area (TPSA) is 205 Å². The van der Waals surface area contributed by atoms with Gasteiger partial charge < -0.3 is 37.8 Å². The summed E-state index contributed by atoms with van der Waals surface area (Å²) in [6.45, 7) is 4.19. The van der Waals surface area contributed by atoms with Crippen LogP contribution < -0.4 is 0 Å². The van der Waals surface area contributed by atoms with Gasteiger partial charge in [0.1, 0.15) is 75.8 Å². The van der Waals surface area contributed by atoms with E-state index < -0.39 is 5.60 Å². The highest BCUT2D eigenvalue weighted by atomic mass is 127. The lowest BCUT2D eigenvalue weighted by Crippen LogP contribution is -2.35. The summed E-state index contributed by atoms with van der Waals surface area (Å²) in [6.07, 6.45) is 40.5. The number of halogens is 1. The Morgan fingerprint density at radius 1 is 0.485 bits per heavy atom. The van der Waals surface area contributed by atoms with Crippen molar-refractivity contribution in [3.05, 3.63) is 165 Å². The lowest BCUT2D eigenvalue weighted by atomic mass is 9.80. The standard InChI is InChI=1S/C16H16IN3OS.C16H17N3OS.C9H10N2.C9H13NOS.C8H11NOS.C7H9NOS.C4H6O.C3H3NS/c1-20-13(17)8-11-10(4-7-18-14(11)20)12-9-19-15(22-12)16(21-2)5-3-6-16;1-19-9-5-12-11(4-8-17-14(12)19)13-10-18-15(21-13)16(20-2)6-3-7-16;1-7-3-5-10-9-8(7)4-6-11(9)2;1-7-6-10-8(12-7)9(11-2)4-3-5-9;1-10-8(3-2-4-8)7-9-5-6-11-7;9-7(2-1-3-7)6-8-4-5-10-6;5-4-2-1-3-4;1-2-5-3-4-1/h4,7-9H,3,5-6H2,1-2H3;4-5,8-10H,3,6-7H2,1-2H3;3-6H,1-2H3;6H,3-5H2,1-2H3;5-6H,2-4H2,1H3;4-5,9H,1-3H2;1-3H2;1-3H. The van der Waals surface area contributed by atoms with E-state index in [9.17, 15) is 9.90 Å². The number of thiazole rings is 6. The molecule has 6 aliphatic carbocycles. The molecule has 18 rings (SSSR count). The second-order valence-electron chi connectivity index (χ2n) is 25.1. The van der Waals surface area contributed by atoms with Crippen molar-refractivity contribution in [2.45, 2.75) is 157 Å². The number of Topliss-reactive ketones (excluding diaryl/α,β-unsaturated/α-hetero) is 1. The van der Waals surface area contributed by atoms with Crippen molar-refractivity contribution in [3.8, 4) is 20.9 Å². The number of fused-ring (bicyclic) bond motifs is 3. The Morgan fingerprint density at radius 2 is 0.938 bits per heavy atom. The molecule has 1 N–H and O–H groups in total. The number of carbonyl (C=O) groups excluding carboxylic acids is 1. The SMILES string of the molecule is COC1(c2ncc(-c3ccnc4c3cc(I)n4C)s2)CCC1.COC1(c2ncc(-c3ccnc4c3ccn4C)s2)CCC1.COC1(c2ncc(C)s2)CCC1.COC1(c2nccs2)CCC1.Cc1ccnc2c1ccn2C.O=C1CCC1.OC1(c2nccs2)CCC1.c1cscn1. The van der Waals surface area contributed by atoms with Crippen LogP contribution >= 0.6 is 90.6 Å². The number of nitrogens with zero attached hydrogens (tertiary/aromatic N) is 12. The third kappa shape index (κ3) is 16.1. The summed E-state index contributed by atoms with van der Waals surface area (Å²) >= 11 is 12.4. The molecule has 0 saturated heterocycles. The summed E-state index contributed by atoms with van der Waals surface area (Å²) in [5.41, 5.74) is 7.73. The Hall–Kier alpha value is -5.95. The molecule has 12 aromatic rings. The molecule has 18 nitrogen and oxygen atoms in total. The first-order chi connectivity index (χ1) is 47.0. The van der Waals surface area contributed by atoms with Gasteiger partial charge in [0, 0.05) is 179 Å². The smallest absolute Gasteiger partial charge is 0.141 e. The molecular formula is C72H85IN12O6S6. The van der Waals surface area contributed by atoms with Gasteiger partial charge in [-0.1, -0.05) is 0 Å². The van der Waals surface area contributed by atoms with E-state index in [-0.39, 0.29) is 22.4 Å². The summed E-state index contributed by atoms with van der Waals surface area (Å²) in [7, 11) is 13.2. The number of aryl methyl sites for hydroxylation is 5. The second-order valence-corrected chi connectivity index (χ2v) is 32.1. The maximum atomic E-state index is 9.90. The fourth-order valence-corrected chi connectivity index (χ4v) is 17.9. The van der Waals surface area contributed by atoms with Crippen LogP contribution in [0.15, 0.2) is 126 Å². The molecule has 0 amide bonds. The number of aromatic nitrogens is 12. The largest absolute Gasteiger partial charge is 0.383 e. The maximum absolute atomic E-state index is 9.90. The molecule has 0 atom stereocenters. The minimum absolute atomic E-state index is 0.00579. The Labute approximate surface area is 605 Å². The van der Waals surface area contributed by atoms with Crippen LogP contribution in [0.2, 0.25) is 0 Å². The highest BCUT2D eigenvalue weighted by Crippen LogP contribution is 2.50. The van der Waals surface area contributed by atoms with Crippen molar-refractivity contribution in [1.82, 2.24) is 58.6 Å². The average molecular weight is 1530 g/mol. The molecule has 0 radical (unpaired) electrons. The van der Waals surface area contributed by atoms with E-state index in [1.807, 2.05) is 108 Å². The first-order valence-corrected chi connectivity index (χ1v) is 39.0. The fourth-order valence-electron chi connectivity index (χ4n) is 12.0. The Bertz CT molecular complexity index is 4390. The van der Waals surface area contributed by atoms with Crippen LogP contribution in [0.25, 0.3) is 54.0 Å². The maximum Gasteiger partial charge on any atom is 0.141 e. The molecule has 97 heavy (non-hydrogen) atoms. The predicted octanol–water partition coefficient (Wildman–Crippen LogP) is 18.0.